The first-order valence-corrected chi connectivity index (χ1v) is 9.44. The van der Waals surface area contributed by atoms with Gasteiger partial charge in [-0.2, -0.15) is 0 Å². The molecule has 1 amide bonds. The summed E-state index contributed by atoms with van der Waals surface area (Å²) in [5.74, 6) is 1.22. The number of amides is 1. The Kier molecular flexibility index (Phi) is 4.68. The van der Waals surface area contributed by atoms with E-state index in [1.807, 2.05) is 11.8 Å². The number of carbonyl (C=O) groups excluding carboxylic acids is 1. The molecule has 0 spiro atoms. The van der Waals surface area contributed by atoms with Crippen molar-refractivity contribution >= 4 is 11.9 Å². The average Bonchev–Trinajstić information content (AvgIpc) is 3.07. The van der Waals surface area contributed by atoms with Gasteiger partial charge in [0.05, 0.1) is 31.1 Å². The van der Waals surface area contributed by atoms with Gasteiger partial charge in [-0.05, 0) is 6.92 Å². The fraction of sp³-hybridized carbons (Fsp3) is 0.500. The van der Waals surface area contributed by atoms with Gasteiger partial charge >= 0.3 is 0 Å². The molecule has 0 saturated carbocycles. The molecule has 3 heterocycles. The molecule has 1 aromatic carbocycles. The van der Waals surface area contributed by atoms with Crippen LogP contribution in [0.15, 0.2) is 24.3 Å². The zero-order valence-corrected chi connectivity index (χ0v) is 15.6. The third-order valence-corrected chi connectivity index (χ3v) is 5.26. The molecule has 6 heteroatoms. The normalized spacial score (nSPS) is 17.3. The van der Waals surface area contributed by atoms with Crippen LogP contribution in [0, 0.1) is 6.92 Å². The number of morpholine rings is 1. The smallest absolute Gasteiger partial charge is 0.222 e. The summed E-state index contributed by atoms with van der Waals surface area (Å²) in [5, 5.41) is 0. The van der Waals surface area contributed by atoms with Crippen LogP contribution in [-0.4, -0.2) is 53.2 Å². The van der Waals surface area contributed by atoms with Crippen molar-refractivity contribution in [1.82, 2.24) is 14.5 Å². The second kappa shape index (κ2) is 7.11. The van der Waals surface area contributed by atoms with Gasteiger partial charge < -0.3 is 19.1 Å². The molecule has 0 atom stereocenters. The van der Waals surface area contributed by atoms with Crippen LogP contribution < -0.4 is 4.90 Å². The number of carbonyl (C=O) groups is 1. The Morgan fingerprint density at radius 3 is 2.54 bits per heavy atom. The van der Waals surface area contributed by atoms with Crippen LogP contribution in [0.5, 0.6) is 0 Å². The lowest BCUT2D eigenvalue weighted by Crippen LogP contribution is -2.41. The molecule has 2 aliphatic heterocycles. The van der Waals surface area contributed by atoms with Gasteiger partial charge in [0.2, 0.25) is 11.9 Å². The first-order chi connectivity index (χ1) is 12.7. The topological polar surface area (TPSA) is 50.6 Å². The fourth-order valence-electron chi connectivity index (χ4n) is 3.73. The molecule has 138 valence electrons. The number of hydrogen-bond donors (Lipinski definition) is 0. The fourth-order valence-corrected chi connectivity index (χ4v) is 3.73. The van der Waals surface area contributed by atoms with Crippen LogP contribution in [0.1, 0.15) is 24.6 Å². The lowest BCUT2D eigenvalue weighted by molar-refractivity contribution is -0.132. The van der Waals surface area contributed by atoms with Gasteiger partial charge in [-0.25, -0.2) is 4.98 Å². The van der Waals surface area contributed by atoms with Gasteiger partial charge in [-0.1, -0.05) is 36.8 Å². The average molecular weight is 354 g/mol. The maximum Gasteiger partial charge on any atom is 0.222 e. The second-order valence-corrected chi connectivity index (χ2v) is 6.99. The van der Waals surface area contributed by atoms with E-state index in [1.165, 1.54) is 5.56 Å². The van der Waals surface area contributed by atoms with Crippen molar-refractivity contribution < 1.29 is 9.53 Å². The second-order valence-electron chi connectivity index (χ2n) is 6.99. The highest BCUT2D eigenvalue weighted by molar-refractivity contribution is 5.76. The first-order valence-electron chi connectivity index (χ1n) is 9.44. The lowest BCUT2D eigenvalue weighted by atomic mass is 10.1. The summed E-state index contributed by atoms with van der Waals surface area (Å²) >= 11 is 0. The number of benzene rings is 1. The molecule has 0 radical (unpaired) electrons. The molecule has 1 aromatic heterocycles. The summed E-state index contributed by atoms with van der Waals surface area (Å²) in [6.07, 6.45) is 0.546. The highest BCUT2D eigenvalue weighted by atomic mass is 16.5. The first kappa shape index (κ1) is 17.1. The van der Waals surface area contributed by atoms with E-state index >= 15 is 0 Å². The van der Waals surface area contributed by atoms with Crippen LogP contribution in [-0.2, 0) is 22.6 Å². The van der Waals surface area contributed by atoms with Gasteiger partial charge in [0, 0.05) is 38.2 Å². The van der Waals surface area contributed by atoms with E-state index in [0.29, 0.717) is 13.0 Å². The number of aromatic nitrogens is 2. The third kappa shape index (κ3) is 3.09. The van der Waals surface area contributed by atoms with Crippen LogP contribution in [0.3, 0.4) is 0 Å². The van der Waals surface area contributed by atoms with Crippen molar-refractivity contribution in [2.24, 2.45) is 0 Å². The van der Waals surface area contributed by atoms with Crippen molar-refractivity contribution in [3.63, 3.8) is 0 Å². The summed E-state index contributed by atoms with van der Waals surface area (Å²) in [7, 11) is 0. The highest BCUT2D eigenvalue weighted by Crippen LogP contribution is 2.32. The van der Waals surface area contributed by atoms with Crippen molar-refractivity contribution in [1.29, 1.82) is 0 Å². The molecule has 0 aliphatic carbocycles. The van der Waals surface area contributed by atoms with Gasteiger partial charge in [0.15, 0.2) is 0 Å². The summed E-state index contributed by atoms with van der Waals surface area (Å²) < 4.78 is 7.81. The zero-order chi connectivity index (χ0) is 18.1. The van der Waals surface area contributed by atoms with Crippen molar-refractivity contribution in [2.45, 2.75) is 33.4 Å². The molecule has 1 fully saturated rings. The molecule has 0 bridgehead atoms. The Balaban J connectivity index is 1.76. The summed E-state index contributed by atoms with van der Waals surface area (Å²) in [5.41, 5.74) is 4.49. The number of ether oxygens (including phenoxy) is 1. The summed E-state index contributed by atoms with van der Waals surface area (Å²) in [6, 6.07) is 8.49. The number of nitrogens with zero attached hydrogens (tertiary/aromatic N) is 4. The third-order valence-electron chi connectivity index (χ3n) is 5.26. The molecular formula is C20H26N4O2. The Hall–Kier alpha value is -2.34. The van der Waals surface area contributed by atoms with E-state index in [-0.39, 0.29) is 5.91 Å². The van der Waals surface area contributed by atoms with Gasteiger partial charge in [0.1, 0.15) is 0 Å². The number of imidazole rings is 1. The van der Waals surface area contributed by atoms with E-state index < -0.39 is 0 Å². The van der Waals surface area contributed by atoms with Crippen LogP contribution in [0.2, 0.25) is 0 Å². The molecule has 0 N–H and O–H groups in total. The molecule has 26 heavy (non-hydrogen) atoms. The Morgan fingerprint density at radius 1 is 1.12 bits per heavy atom. The molecule has 2 aliphatic rings. The van der Waals surface area contributed by atoms with Gasteiger partial charge in [0.25, 0.3) is 0 Å². The number of aryl methyl sites for hydroxylation is 1. The summed E-state index contributed by atoms with van der Waals surface area (Å²) in [6.45, 7) is 9.40. The predicted octanol–water partition coefficient (Wildman–Crippen LogP) is 2.45. The van der Waals surface area contributed by atoms with E-state index in [4.69, 9.17) is 9.72 Å². The Morgan fingerprint density at radius 2 is 1.85 bits per heavy atom. The maximum atomic E-state index is 12.2. The predicted molar refractivity (Wildman–Crippen MR) is 101 cm³/mol. The van der Waals surface area contributed by atoms with Crippen molar-refractivity contribution in [3.8, 4) is 11.3 Å². The van der Waals surface area contributed by atoms with Crippen LogP contribution in [0.25, 0.3) is 11.3 Å². The van der Waals surface area contributed by atoms with E-state index in [1.54, 1.807) is 0 Å². The molecule has 6 nitrogen and oxygen atoms in total. The number of rotatable bonds is 3. The van der Waals surface area contributed by atoms with Crippen LogP contribution in [0.4, 0.5) is 5.95 Å². The molecule has 1 saturated heterocycles. The Labute approximate surface area is 154 Å². The molecule has 4 rings (SSSR count). The number of fused-ring (bicyclic) bond motifs is 1. The molecule has 2 aromatic rings. The van der Waals surface area contributed by atoms with Crippen molar-refractivity contribution in [2.75, 3.05) is 37.7 Å². The largest absolute Gasteiger partial charge is 0.378 e. The number of hydrogen-bond acceptors (Lipinski definition) is 4. The lowest BCUT2D eigenvalue weighted by Gasteiger charge is -2.32. The standard InChI is InChI=1S/C20H26N4O2/c1-3-18(25)23-8-9-24-17(14-23)19(16-6-4-15(2)5-7-16)21-20(24)22-10-12-26-13-11-22/h4-7H,3,8-14H2,1-2H3. The molecular weight excluding hydrogens is 328 g/mol. The minimum atomic E-state index is 0.209. The van der Waals surface area contributed by atoms with E-state index in [9.17, 15) is 4.79 Å². The van der Waals surface area contributed by atoms with Gasteiger partial charge in [-0.15, -0.1) is 0 Å². The minimum absolute atomic E-state index is 0.209. The Bertz CT molecular complexity index is 791. The van der Waals surface area contributed by atoms with E-state index in [2.05, 4.69) is 40.7 Å². The SMILES string of the molecule is CCC(=O)N1CCn2c(N3CCOCC3)nc(-c3ccc(C)cc3)c2C1. The number of anilines is 1. The quantitative estimate of drug-likeness (QED) is 0.850. The van der Waals surface area contributed by atoms with E-state index in [0.717, 1.165) is 62.3 Å². The summed E-state index contributed by atoms with van der Waals surface area (Å²) in [4.78, 5) is 21.5. The molecule has 0 unspecified atom stereocenters. The van der Waals surface area contributed by atoms with Gasteiger partial charge in [-0.3, -0.25) is 4.79 Å². The minimum Gasteiger partial charge on any atom is -0.378 e. The van der Waals surface area contributed by atoms with Crippen molar-refractivity contribution in [3.05, 3.63) is 35.5 Å². The maximum absolute atomic E-state index is 12.2. The monoisotopic (exact) mass is 354 g/mol. The zero-order valence-electron chi connectivity index (χ0n) is 15.6. The van der Waals surface area contributed by atoms with Crippen LogP contribution >= 0.6 is 0 Å². The highest BCUT2D eigenvalue weighted by Gasteiger charge is 2.29.